The van der Waals surface area contributed by atoms with Crippen LogP contribution in [-0.4, -0.2) is 33.3 Å². The van der Waals surface area contributed by atoms with E-state index in [0.29, 0.717) is 11.6 Å². The number of nitrogens with one attached hydrogen (secondary N) is 1. The van der Waals surface area contributed by atoms with Gasteiger partial charge in [-0.1, -0.05) is 18.2 Å². The molecular weight excluding hydrogens is 354 g/mol. The Hall–Kier alpha value is -3.58. The van der Waals surface area contributed by atoms with Crippen LogP contribution in [0, 0.1) is 0 Å². The molecule has 2 aromatic heterocycles. The van der Waals surface area contributed by atoms with Gasteiger partial charge in [-0.25, -0.2) is 13.9 Å². The quantitative estimate of drug-likeness (QED) is 0.575. The first-order chi connectivity index (χ1) is 13.7. The summed E-state index contributed by atoms with van der Waals surface area (Å²) in [6, 6.07) is 16.6. The first-order valence-electron chi connectivity index (χ1n) is 9.13. The number of hydrogen-bond acceptors (Lipinski definition) is 4. The van der Waals surface area contributed by atoms with E-state index in [4.69, 9.17) is 10.5 Å². The Labute approximate surface area is 161 Å². The van der Waals surface area contributed by atoms with Gasteiger partial charge in [-0.15, -0.1) is 0 Å². The van der Waals surface area contributed by atoms with Crippen LogP contribution in [0.25, 0.3) is 16.9 Å². The van der Waals surface area contributed by atoms with E-state index in [1.165, 1.54) is 4.57 Å². The minimum absolute atomic E-state index is 0.347. The summed E-state index contributed by atoms with van der Waals surface area (Å²) in [5, 5.41) is 7.67. The number of primary amides is 1. The summed E-state index contributed by atoms with van der Waals surface area (Å²) >= 11 is 0. The molecule has 3 N–H and O–H groups in total. The predicted octanol–water partition coefficient (Wildman–Crippen LogP) is 3.21. The average molecular weight is 373 g/mol. The summed E-state index contributed by atoms with van der Waals surface area (Å²) in [7, 11) is 0. The summed E-state index contributed by atoms with van der Waals surface area (Å²) in [4.78, 5) is 12.3. The zero-order valence-electron chi connectivity index (χ0n) is 15.1. The number of carbonyl (C=O) groups excluding carboxylic acids is 1. The molecule has 1 aliphatic rings. The van der Waals surface area contributed by atoms with Gasteiger partial charge in [0.25, 0.3) is 0 Å². The van der Waals surface area contributed by atoms with Gasteiger partial charge in [-0.3, -0.25) is 0 Å². The third kappa shape index (κ3) is 2.73. The van der Waals surface area contributed by atoms with Crippen molar-refractivity contribution < 1.29 is 9.53 Å². The first kappa shape index (κ1) is 16.6. The molecule has 0 aliphatic carbocycles. The van der Waals surface area contributed by atoms with Crippen LogP contribution < -0.4 is 15.8 Å². The lowest BCUT2D eigenvalue weighted by Crippen LogP contribution is -2.40. The topological polar surface area (TPSA) is 86.6 Å². The summed E-state index contributed by atoms with van der Waals surface area (Å²) in [5.41, 5.74) is 9.06. The fourth-order valence-corrected chi connectivity index (χ4v) is 3.52. The zero-order valence-corrected chi connectivity index (χ0v) is 15.1. The molecule has 28 heavy (non-hydrogen) atoms. The maximum atomic E-state index is 12.3. The lowest BCUT2D eigenvalue weighted by Gasteiger charge is -2.26. The molecule has 2 aromatic carbocycles. The highest BCUT2D eigenvalue weighted by Gasteiger charge is 2.27. The zero-order chi connectivity index (χ0) is 19.1. The number of fused-ring (bicyclic) bond motifs is 1. The van der Waals surface area contributed by atoms with E-state index >= 15 is 0 Å². The second-order valence-corrected chi connectivity index (χ2v) is 6.85. The van der Waals surface area contributed by atoms with E-state index < -0.39 is 6.03 Å². The number of carbonyl (C=O) groups is 1. The van der Waals surface area contributed by atoms with Crippen LogP contribution in [0.4, 0.5) is 4.79 Å². The highest BCUT2D eigenvalue weighted by molar-refractivity contribution is 5.87. The molecule has 0 unspecified atom stereocenters. The van der Waals surface area contributed by atoms with Gasteiger partial charge in [0.1, 0.15) is 17.1 Å². The molecule has 0 radical (unpaired) electrons. The maximum absolute atomic E-state index is 12.3. The van der Waals surface area contributed by atoms with Gasteiger partial charge >= 0.3 is 6.03 Å². The molecular formula is C21H19N5O2. The number of amides is 1. The van der Waals surface area contributed by atoms with Crippen LogP contribution in [-0.2, 0) is 0 Å². The highest BCUT2D eigenvalue weighted by atomic mass is 16.5. The first-order valence-corrected chi connectivity index (χ1v) is 9.13. The molecule has 7 nitrogen and oxygen atoms in total. The number of rotatable bonds is 4. The Morgan fingerprint density at radius 1 is 1.07 bits per heavy atom. The van der Waals surface area contributed by atoms with E-state index in [1.54, 1.807) is 4.52 Å². The maximum Gasteiger partial charge on any atom is 0.325 e. The van der Waals surface area contributed by atoms with Crippen LogP contribution in [0.3, 0.4) is 0 Å². The number of imidazole rings is 1. The largest absolute Gasteiger partial charge is 0.457 e. The molecule has 0 atom stereocenters. The second-order valence-electron chi connectivity index (χ2n) is 6.85. The Morgan fingerprint density at radius 3 is 2.43 bits per heavy atom. The monoisotopic (exact) mass is 373 g/mol. The molecule has 4 aromatic rings. The second kappa shape index (κ2) is 6.54. The van der Waals surface area contributed by atoms with E-state index in [0.717, 1.165) is 41.4 Å². The summed E-state index contributed by atoms with van der Waals surface area (Å²) in [5.74, 6) is 1.84. The predicted molar refractivity (Wildman–Crippen MR) is 106 cm³/mol. The average Bonchev–Trinajstić information content (AvgIpc) is 3.22. The Morgan fingerprint density at radius 2 is 1.79 bits per heavy atom. The van der Waals surface area contributed by atoms with Crippen LogP contribution in [0.2, 0.25) is 0 Å². The van der Waals surface area contributed by atoms with Crippen molar-refractivity contribution in [2.24, 2.45) is 5.73 Å². The van der Waals surface area contributed by atoms with Crippen molar-refractivity contribution in [3.63, 3.8) is 0 Å². The van der Waals surface area contributed by atoms with Gasteiger partial charge in [0.2, 0.25) is 0 Å². The summed E-state index contributed by atoms with van der Waals surface area (Å²) < 4.78 is 9.10. The Kier molecular flexibility index (Phi) is 3.87. The molecule has 0 bridgehead atoms. The number of benzene rings is 2. The molecule has 1 fully saturated rings. The molecule has 5 rings (SSSR count). The van der Waals surface area contributed by atoms with Gasteiger partial charge in [-0.2, -0.15) is 5.10 Å². The molecule has 0 saturated carbocycles. The smallest absolute Gasteiger partial charge is 0.325 e. The minimum Gasteiger partial charge on any atom is -0.457 e. The molecule has 7 heteroatoms. The van der Waals surface area contributed by atoms with Crippen molar-refractivity contribution in [2.45, 2.75) is 5.92 Å². The van der Waals surface area contributed by atoms with Crippen LogP contribution >= 0.6 is 0 Å². The molecule has 1 aliphatic heterocycles. The number of aromatic nitrogens is 3. The lowest BCUT2D eigenvalue weighted by atomic mass is 9.96. The lowest BCUT2D eigenvalue weighted by molar-refractivity contribution is 0.251. The SMILES string of the molecule is NC(=O)n1c(-c2ccc(Oc3ccccc3)cc2)cn2ncc(C3CNC3)c12. The summed E-state index contributed by atoms with van der Waals surface area (Å²) in [6.45, 7) is 1.76. The van der Waals surface area contributed by atoms with E-state index in [9.17, 15) is 4.79 Å². The number of para-hydroxylation sites is 1. The molecule has 3 heterocycles. The van der Waals surface area contributed by atoms with Crippen LogP contribution in [0.5, 0.6) is 11.5 Å². The number of nitrogens with zero attached hydrogens (tertiary/aromatic N) is 3. The van der Waals surface area contributed by atoms with Gasteiger partial charge in [0, 0.05) is 30.1 Å². The fourth-order valence-electron chi connectivity index (χ4n) is 3.52. The van der Waals surface area contributed by atoms with Crippen molar-refractivity contribution >= 4 is 11.7 Å². The summed E-state index contributed by atoms with van der Waals surface area (Å²) in [6.07, 6.45) is 3.66. The van der Waals surface area contributed by atoms with E-state index in [1.807, 2.05) is 67.0 Å². The third-order valence-electron chi connectivity index (χ3n) is 5.06. The van der Waals surface area contributed by atoms with Crippen LogP contribution in [0.15, 0.2) is 67.0 Å². The standard InChI is InChI=1S/C21H19N5O2/c22-21(27)26-19(13-25-20(26)18(12-24-25)15-10-23-11-15)14-6-8-17(9-7-14)28-16-4-2-1-3-5-16/h1-9,12-13,15,23H,10-11H2,(H2,22,27). The normalized spacial score (nSPS) is 14.1. The molecule has 1 saturated heterocycles. The highest BCUT2D eigenvalue weighted by Crippen LogP contribution is 2.31. The number of ether oxygens (including phenoxy) is 1. The Bertz CT molecular complexity index is 1140. The fraction of sp³-hybridized carbons (Fsp3) is 0.143. The van der Waals surface area contributed by atoms with Gasteiger partial charge in [0.05, 0.1) is 18.1 Å². The molecule has 1 amide bonds. The number of hydrogen-bond donors (Lipinski definition) is 2. The van der Waals surface area contributed by atoms with Crippen molar-refractivity contribution in [1.82, 2.24) is 19.5 Å². The van der Waals surface area contributed by atoms with Crippen LogP contribution in [0.1, 0.15) is 11.5 Å². The van der Waals surface area contributed by atoms with E-state index in [-0.39, 0.29) is 0 Å². The van der Waals surface area contributed by atoms with Crippen molar-refractivity contribution in [3.05, 3.63) is 72.6 Å². The van der Waals surface area contributed by atoms with Crippen molar-refractivity contribution in [1.29, 1.82) is 0 Å². The number of nitrogens with two attached hydrogens (primary N) is 1. The Balaban J connectivity index is 1.52. The molecule has 0 spiro atoms. The van der Waals surface area contributed by atoms with E-state index in [2.05, 4.69) is 10.4 Å². The molecule has 140 valence electrons. The van der Waals surface area contributed by atoms with Gasteiger partial charge < -0.3 is 15.8 Å². The minimum atomic E-state index is -0.524. The third-order valence-corrected chi connectivity index (χ3v) is 5.06. The van der Waals surface area contributed by atoms with Crippen molar-refractivity contribution in [3.8, 4) is 22.8 Å². The van der Waals surface area contributed by atoms with Gasteiger partial charge in [0.15, 0.2) is 0 Å². The van der Waals surface area contributed by atoms with Crippen molar-refractivity contribution in [2.75, 3.05) is 13.1 Å². The van der Waals surface area contributed by atoms with Gasteiger partial charge in [-0.05, 0) is 36.4 Å².